The first-order chi connectivity index (χ1) is 14.4. The molecule has 0 saturated heterocycles. The highest BCUT2D eigenvalue weighted by molar-refractivity contribution is 6.43. The van der Waals surface area contributed by atoms with Crippen molar-refractivity contribution in [2.24, 2.45) is 0 Å². The summed E-state index contributed by atoms with van der Waals surface area (Å²) < 4.78 is 4.87. The quantitative estimate of drug-likeness (QED) is 0.380. The molecule has 1 N–H and O–H groups in total. The third kappa shape index (κ3) is 5.17. The number of nitrogens with one attached hydrogen (secondary N) is 1. The molecule has 1 aliphatic rings. The molecule has 156 valence electrons. The minimum atomic E-state index is -0.874. The number of nitrogens with zero attached hydrogens (tertiary/aromatic N) is 1. The standard InChI is InChI=1S/C21H18Cl2N2O5/c22-16-9-14-15(10-17(16)23)21(29)25(20(14)28)11-19(27)30-12-18(26)24-8-4-7-13-5-2-1-3-6-13/h1-3,5-6,9-10H,4,7-8,11-12H2,(H,24,26). The molecule has 7 nitrogen and oxygen atoms in total. The predicted molar refractivity (Wildman–Crippen MR) is 111 cm³/mol. The van der Waals surface area contributed by atoms with E-state index in [4.69, 9.17) is 27.9 Å². The van der Waals surface area contributed by atoms with E-state index in [1.165, 1.54) is 17.7 Å². The summed E-state index contributed by atoms with van der Waals surface area (Å²) in [5.74, 6) is -2.68. The topological polar surface area (TPSA) is 92.8 Å². The van der Waals surface area contributed by atoms with Crippen LogP contribution in [-0.2, 0) is 20.7 Å². The van der Waals surface area contributed by atoms with Crippen molar-refractivity contribution in [3.8, 4) is 0 Å². The highest BCUT2D eigenvalue weighted by atomic mass is 35.5. The van der Waals surface area contributed by atoms with Crippen molar-refractivity contribution in [3.05, 3.63) is 69.2 Å². The Morgan fingerprint density at radius 1 is 0.967 bits per heavy atom. The van der Waals surface area contributed by atoms with E-state index in [0.29, 0.717) is 6.54 Å². The van der Waals surface area contributed by atoms with Gasteiger partial charge in [-0.3, -0.25) is 24.1 Å². The first kappa shape index (κ1) is 21.8. The Hall–Kier alpha value is -2.90. The van der Waals surface area contributed by atoms with E-state index in [-0.39, 0.29) is 21.2 Å². The molecule has 0 fully saturated rings. The Labute approximate surface area is 182 Å². The molecule has 30 heavy (non-hydrogen) atoms. The summed E-state index contributed by atoms with van der Waals surface area (Å²) >= 11 is 11.8. The van der Waals surface area contributed by atoms with E-state index in [9.17, 15) is 19.2 Å². The van der Waals surface area contributed by atoms with Crippen molar-refractivity contribution >= 4 is 46.9 Å². The van der Waals surface area contributed by atoms with Crippen LogP contribution in [0.2, 0.25) is 10.0 Å². The van der Waals surface area contributed by atoms with Crippen LogP contribution < -0.4 is 5.32 Å². The number of aryl methyl sites for hydroxylation is 1. The number of benzene rings is 2. The van der Waals surface area contributed by atoms with Crippen LogP contribution in [0.15, 0.2) is 42.5 Å². The maximum atomic E-state index is 12.4. The van der Waals surface area contributed by atoms with Crippen molar-refractivity contribution in [1.82, 2.24) is 10.2 Å². The molecule has 0 aromatic heterocycles. The van der Waals surface area contributed by atoms with E-state index in [1.807, 2.05) is 30.3 Å². The van der Waals surface area contributed by atoms with Gasteiger partial charge >= 0.3 is 5.97 Å². The lowest BCUT2D eigenvalue weighted by Gasteiger charge is -2.13. The fraction of sp³-hybridized carbons (Fsp3) is 0.238. The molecule has 0 unspecified atom stereocenters. The molecule has 0 bridgehead atoms. The first-order valence-corrected chi connectivity index (χ1v) is 9.94. The molecule has 0 radical (unpaired) electrons. The normalized spacial score (nSPS) is 12.7. The average molecular weight is 449 g/mol. The zero-order valence-corrected chi connectivity index (χ0v) is 17.3. The van der Waals surface area contributed by atoms with Crippen LogP contribution in [0.4, 0.5) is 0 Å². The Bertz CT molecular complexity index is 953. The van der Waals surface area contributed by atoms with Gasteiger partial charge in [-0.1, -0.05) is 53.5 Å². The number of fused-ring (bicyclic) bond motifs is 1. The fourth-order valence-electron chi connectivity index (χ4n) is 2.96. The lowest BCUT2D eigenvalue weighted by Crippen LogP contribution is -2.37. The number of imide groups is 1. The first-order valence-electron chi connectivity index (χ1n) is 9.18. The number of hydrogen-bond donors (Lipinski definition) is 1. The van der Waals surface area contributed by atoms with Gasteiger partial charge in [0.1, 0.15) is 6.54 Å². The zero-order chi connectivity index (χ0) is 21.7. The van der Waals surface area contributed by atoms with E-state index in [0.717, 1.165) is 17.7 Å². The average Bonchev–Trinajstić information content (AvgIpc) is 2.95. The highest BCUT2D eigenvalue weighted by Gasteiger charge is 2.37. The minimum Gasteiger partial charge on any atom is -0.454 e. The predicted octanol–water partition coefficient (Wildman–Crippen LogP) is 2.88. The molecule has 0 spiro atoms. The van der Waals surface area contributed by atoms with Gasteiger partial charge in [-0.2, -0.15) is 0 Å². The Morgan fingerprint density at radius 2 is 1.57 bits per heavy atom. The number of halogens is 2. The van der Waals surface area contributed by atoms with E-state index in [1.54, 1.807) is 0 Å². The molecule has 1 aliphatic heterocycles. The van der Waals surface area contributed by atoms with Gasteiger partial charge in [0, 0.05) is 6.54 Å². The van der Waals surface area contributed by atoms with Crippen LogP contribution in [0.3, 0.4) is 0 Å². The molecule has 2 aromatic carbocycles. The van der Waals surface area contributed by atoms with Crippen molar-refractivity contribution in [1.29, 1.82) is 0 Å². The summed E-state index contributed by atoms with van der Waals surface area (Å²) in [7, 11) is 0. The highest BCUT2D eigenvalue weighted by Crippen LogP contribution is 2.31. The molecule has 2 aromatic rings. The second kappa shape index (κ2) is 9.73. The maximum Gasteiger partial charge on any atom is 0.326 e. The largest absolute Gasteiger partial charge is 0.454 e. The molecule has 0 saturated carbocycles. The summed E-state index contributed by atoms with van der Waals surface area (Å²) in [4.78, 5) is 49.2. The number of hydrogen-bond acceptors (Lipinski definition) is 5. The molecule has 9 heteroatoms. The smallest absolute Gasteiger partial charge is 0.326 e. The number of amides is 3. The molecule has 0 atom stereocenters. The lowest BCUT2D eigenvalue weighted by molar-refractivity contribution is -0.148. The number of ether oxygens (including phenoxy) is 1. The third-order valence-corrected chi connectivity index (χ3v) is 5.19. The monoisotopic (exact) mass is 448 g/mol. The molecular weight excluding hydrogens is 431 g/mol. The second-order valence-electron chi connectivity index (χ2n) is 6.61. The van der Waals surface area contributed by atoms with Crippen LogP contribution in [0.1, 0.15) is 32.7 Å². The number of carbonyl (C=O) groups excluding carboxylic acids is 4. The zero-order valence-electron chi connectivity index (χ0n) is 15.8. The van der Waals surface area contributed by atoms with Gasteiger partial charge in [0.05, 0.1) is 21.2 Å². The van der Waals surface area contributed by atoms with Crippen LogP contribution in [0.25, 0.3) is 0 Å². The third-order valence-electron chi connectivity index (χ3n) is 4.47. The number of carbonyl (C=O) groups is 4. The van der Waals surface area contributed by atoms with Crippen LogP contribution >= 0.6 is 23.2 Å². The van der Waals surface area contributed by atoms with Gasteiger partial charge in [-0.25, -0.2) is 0 Å². The summed E-state index contributed by atoms with van der Waals surface area (Å²) in [6, 6.07) is 12.4. The number of rotatable bonds is 8. The van der Waals surface area contributed by atoms with Crippen molar-refractivity contribution < 1.29 is 23.9 Å². The maximum absolute atomic E-state index is 12.4. The Kier molecular flexibility index (Phi) is 7.07. The summed E-state index contributed by atoms with van der Waals surface area (Å²) in [5.41, 5.74) is 1.30. The van der Waals surface area contributed by atoms with Gasteiger partial charge in [0.25, 0.3) is 17.7 Å². The van der Waals surface area contributed by atoms with Gasteiger partial charge in [0.2, 0.25) is 0 Å². The Balaban J connectivity index is 1.42. The summed E-state index contributed by atoms with van der Waals surface area (Å²) in [5, 5.41) is 2.91. The SMILES string of the molecule is O=C(COC(=O)CN1C(=O)c2cc(Cl)c(Cl)cc2C1=O)NCCCc1ccccc1. The molecular formula is C21H18Cl2N2O5. The van der Waals surface area contributed by atoms with Crippen LogP contribution in [0.5, 0.6) is 0 Å². The minimum absolute atomic E-state index is 0.0679. The van der Waals surface area contributed by atoms with E-state index in [2.05, 4.69) is 5.32 Å². The molecule has 1 heterocycles. The van der Waals surface area contributed by atoms with Gasteiger partial charge in [-0.05, 0) is 30.5 Å². The van der Waals surface area contributed by atoms with Crippen LogP contribution in [0, 0.1) is 0 Å². The van der Waals surface area contributed by atoms with E-state index < -0.39 is 36.8 Å². The number of esters is 1. The molecule has 3 amide bonds. The van der Waals surface area contributed by atoms with Crippen molar-refractivity contribution in [2.45, 2.75) is 12.8 Å². The second-order valence-corrected chi connectivity index (χ2v) is 7.42. The summed E-state index contributed by atoms with van der Waals surface area (Å²) in [6.45, 7) is -0.668. The van der Waals surface area contributed by atoms with Crippen molar-refractivity contribution in [2.75, 3.05) is 19.7 Å². The molecule has 0 aliphatic carbocycles. The molecule has 3 rings (SSSR count). The van der Waals surface area contributed by atoms with Crippen molar-refractivity contribution in [3.63, 3.8) is 0 Å². The van der Waals surface area contributed by atoms with Gasteiger partial charge < -0.3 is 10.1 Å². The Morgan fingerprint density at radius 3 is 2.17 bits per heavy atom. The fourth-order valence-corrected chi connectivity index (χ4v) is 3.29. The summed E-state index contributed by atoms with van der Waals surface area (Å²) in [6.07, 6.45) is 1.55. The van der Waals surface area contributed by atoms with Gasteiger partial charge in [-0.15, -0.1) is 0 Å². The van der Waals surface area contributed by atoms with E-state index >= 15 is 0 Å². The lowest BCUT2D eigenvalue weighted by atomic mass is 10.1. The van der Waals surface area contributed by atoms with Gasteiger partial charge in [0.15, 0.2) is 6.61 Å². The van der Waals surface area contributed by atoms with Crippen LogP contribution in [-0.4, -0.2) is 48.3 Å².